The van der Waals surface area contributed by atoms with Gasteiger partial charge in [-0.25, -0.2) is 5.43 Å². The van der Waals surface area contributed by atoms with Crippen LogP contribution in [0, 0.1) is 10.1 Å². The summed E-state index contributed by atoms with van der Waals surface area (Å²) in [6.07, 6.45) is 3.40. The first-order chi connectivity index (χ1) is 13.1. The van der Waals surface area contributed by atoms with Crippen LogP contribution < -0.4 is 10.2 Å². The molecular weight excluding hydrogens is 348 g/mol. The number of hydrogen-bond acceptors (Lipinski definition) is 5. The van der Waals surface area contributed by atoms with E-state index in [0.717, 1.165) is 17.1 Å². The van der Waals surface area contributed by atoms with Crippen molar-refractivity contribution in [3.63, 3.8) is 0 Å². The second-order valence-electron chi connectivity index (χ2n) is 5.50. The fraction of sp³-hybridized carbons (Fsp3) is 0.0526. The number of benzene rings is 2. The Morgan fingerprint density at radius 2 is 1.85 bits per heavy atom. The van der Waals surface area contributed by atoms with E-state index in [0.29, 0.717) is 0 Å². The van der Waals surface area contributed by atoms with E-state index < -0.39 is 10.8 Å². The lowest BCUT2D eigenvalue weighted by Crippen LogP contribution is -2.17. The molecule has 136 valence electrons. The molecule has 27 heavy (non-hydrogen) atoms. The Morgan fingerprint density at radius 1 is 1.15 bits per heavy atom. The van der Waals surface area contributed by atoms with Gasteiger partial charge in [-0.2, -0.15) is 5.10 Å². The Morgan fingerprint density at radius 3 is 2.48 bits per heavy atom. The van der Waals surface area contributed by atoms with Crippen LogP contribution in [0.2, 0.25) is 0 Å². The third-order valence-corrected chi connectivity index (χ3v) is 3.83. The van der Waals surface area contributed by atoms with Crippen LogP contribution in [0.1, 0.15) is 16.1 Å². The maximum Gasteiger partial charge on any atom is 0.271 e. The minimum absolute atomic E-state index is 0.0765. The maximum absolute atomic E-state index is 12.1. The number of non-ortho nitro benzene ring substituents is 1. The minimum Gasteiger partial charge on any atom is -0.497 e. The van der Waals surface area contributed by atoms with E-state index in [9.17, 15) is 14.9 Å². The third-order valence-electron chi connectivity index (χ3n) is 3.83. The number of nitrogens with zero attached hydrogens (tertiary/aromatic N) is 3. The van der Waals surface area contributed by atoms with Crippen molar-refractivity contribution in [3.8, 4) is 11.4 Å². The minimum atomic E-state index is -0.521. The van der Waals surface area contributed by atoms with Crippen molar-refractivity contribution in [1.29, 1.82) is 0 Å². The molecular formula is C19H16N4O4. The molecule has 1 amide bonds. The van der Waals surface area contributed by atoms with Crippen LogP contribution in [-0.4, -0.2) is 28.7 Å². The first-order valence-corrected chi connectivity index (χ1v) is 7.98. The summed E-state index contributed by atoms with van der Waals surface area (Å²) >= 11 is 0. The van der Waals surface area contributed by atoms with Gasteiger partial charge >= 0.3 is 0 Å². The number of nitro groups is 1. The smallest absolute Gasteiger partial charge is 0.271 e. The molecule has 2 aromatic carbocycles. The van der Waals surface area contributed by atoms with E-state index in [-0.39, 0.29) is 11.3 Å². The summed E-state index contributed by atoms with van der Waals surface area (Å²) in [5, 5.41) is 14.6. The Labute approximate surface area is 154 Å². The lowest BCUT2D eigenvalue weighted by atomic mass is 10.2. The number of nitro benzene ring substituents is 1. The average Bonchev–Trinajstić information content (AvgIpc) is 3.16. The molecule has 8 nitrogen and oxygen atoms in total. The van der Waals surface area contributed by atoms with Gasteiger partial charge < -0.3 is 9.30 Å². The summed E-state index contributed by atoms with van der Waals surface area (Å²) in [4.78, 5) is 22.2. The highest BCUT2D eigenvalue weighted by molar-refractivity contribution is 5.95. The van der Waals surface area contributed by atoms with Crippen molar-refractivity contribution >= 4 is 17.8 Å². The van der Waals surface area contributed by atoms with E-state index in [4.69, 9.17) is 4.74 Å². The van der Waals surface area contributed by atoms with Crippen LogP contribution in [0.5, 0.6) is 5.75 Å². The number of carbonyl (C=O) groups excluding carboxylic acids is 1. The summed E-state index contributed by atoms with van der Waals surface area (Å²) in [5.41, 5.74) is 4.30. The Hall–Kier alpha value is -3.94. The van der Waals surface area contributed by atoms with Gasteiger partial charge in [0.2, 0.25) is 0 Å². The monoisotopic (exact) mass is 364 g/mol. The molecule has 1 aromatic heterocycles. The number of carbonyl (C=O) groups is 1. The van der Waals surface area contributed by atoms with Gasteiger partial charge in [0.05, 0.1) is 23.9 Å². The zero-order chi connectivity index (χ0) is 19.2. The lowest BCUT2D eigenvalue weighted by Gasteiger charge is -2.07. The number of aromatic nitrogens is 1. The highest BCUT2D eigenvalue weighted by Gasteiger charge is 2.08. The molecule has 0 saturated heterocycles. The van der Waals surface area contributed by atoms with Crippen molar-refractivity contribution < 1.29 is 14.5 Å². The molecule has 8 heteroatoms. The second kappa shape index (κ2) is 7.96. The van der Waals surface area contributed by atoms with E-state index in [1.165, 1.54) is 30.5 Å². The van der Waals surface area contributed by atoms with Crippen LogP contribution in [0.3, 0.4) is 0 Å². The number of hydrazone groups is 1. The third kappa shape index (κ3) is 4.18. The van der Waals surface area contributed by atoms with Gasteiger partial charge in [0.15, 0.2) is 0 Å². The fourth-order valence-corrected chi connectivity index (χ4v) is 2.43. The SMILES string of the molecule is COc1ccc(-n2cccc2/C=N\NC(=O)c2ccc([N+](=O)[O-])cc2)cc1. The number of hydrogen-bond donors (Lipinski definition) is 1. The first-order valence-electron chi connectivity index (χ1n) is 7.98. The number of amides is 1. The summed E-state index contributed by atoms with van der Waals surface area (Å²) in [6.45, 7) is 0. The summed E-state index contributed by atoms with van der Waals surface area (Å²) in [5.74, 6) is 0.306. The molecule has 0 atom stereocenters. The van der Waals surface area contributed by atoms with Gasteiger partial charge in [-0.05, 0) is 48.5 Å². The van der Waals surface area contributed by atoms with Crippen molar-refractivity contribution in [2.24, 2.45) is 5.10 Å². The Balaban J connectivity index is 1.69. The second-order valence-corrected chi connectivity index (χ2v) is 5.50. The van der Waals surface area contributed by atoms with Crippen LogP contribution in [-0.2, 0) is 0 Å². The molecule has 1 N–H and O–H groups in total. The zero-order valence-electron chi connectivity index (χ0n) is 14.4. The molecule has 1 heterocycles. The summed E-state index contributed by atoms with van der Waals surface area (Å²) < 4.78 is 7.05. The molecule has 3 aromatic rings. The molecule has 3 rings (SSSR count). The molecule has 0 spiro atoms. The van der Waals surface area contributed by atoms with Crippen molar-refractivity contribution in [2.45, 2.75) is 0 Å². The lowest BCUT2D eigenvalue weighted by molar-refractivity contribution is -0.384. The van der Waals surface area contributed by atoms with Gasteiger partial charge in [0.1, 0.15) is 5.75 Å². The van der Waals surface area contributed by atoms with Crippen LogP contribution in [0.15, 0.2) is 72.0 Å². The first kappa shape index (κ1) is 17.9. The fourth-order valence-electron chi connectivity index (χ4n) is 2.43. The van der Waals surface area contributed by atoms with Crippen LogP contribution in [0.4, 0.5) is 5.69 Å². The predicted molar refractivity (Wildman–Crippen MR) is 100 cm³/mol. The predicted octanol–water partition coefficient (Wildman–Crippen LogP) is 3.16. The van der Waals surface area contributed by atoms with E-state index in [1.54, 1.807) is 7.11 Å². The summed E-state index contributed by atoms with van der Waals surface area (Å²) in [6, 6.07) is 16.5. The molecule has 0 aliphatic carbocycles. The number of ether oxygens (including phenoxy) is 1. The van der Waals surface area contributed by atoms with Crippen molar-refractivity contribution in [1.82, 2.24) is 9.99 Å². The zero-order valence-corrected chi connectivity index (χ0v) is 14.4. The van der Waals surface area contributed by atoms with Crippen LogP contribution >= 0.6 is 0 Å². The van der Waals surface area contributed by atoms with E-state index >= 15 is 0 Å². The molecule has 0 aliphatic rings. The Bertz CT molecular complexity index is 976. The molecule has 0 fully saturated rings. The standard InChI is InChI=1S/C19H16N4O4/c1-27-18-10-8-15(9-11-18)22-12-2-3-17(22)13-20-21-19(24)14-4-6-16(7-5-14)23(25)26/h2-13H,1H3,(H,21,24)/b20-13-. The van der Waals surface area contributed by atoms with E-state index in [2.05, 4.69) is 10.5 Å². The maximum atomic E-state index is 12.1. The summed E-state index contributed by atoms with van der Waals surface area (Å²) in [7, 11) is 1.61. The largest absolute Gasteiger partial charge is 0.497 e. The molecule has 0 bridgehead atoms. The van der Waals surface area contributed by atoms with Crippen molar-refractivity contribution in [3.05, 3.63) is 88.2 Å². The number of methoxy groups -OCH3 is 1. The van der Waals surface area contributed by atoms with Gasteiger partial charge in [-0.3, -0.25) is 14.9 Å². The highest BCUT2D eigenvalue weighted by Crippen LogP contribution is 2.16. The average molecular weight is 364 g/mol. The van der Waals surface area contributed by atoms with E-state index in [1.807, 2.05) is 47.2 Å². The Kier molecular flexibility index (Phi) is 5.27. The number of nitrogens with one attached hydrogen (secondary N) is 1. The molecule has 0 unspecified atom stereocenters. The highest BCUT2D eigenvalue weighted by atomic mass is 16.6. The quantitative estimate of drug-likeness (QED) is 0.412. The number of rotatable bonds is 6. The van der Waals surface area contributed by atoms with Gasteiger partial charge in [0.25, 0.3) is 11.6 Å². The van der Waals surface area contributed by atoms with Gasteiger partial charge in [-0.15, -0.1) is 0 Å². The molecule has 0 saturated carbocycles. The van der Waals surface area contributed by atoms with Gasteiger partial charge in [0, 0.05) is 29.6 Å². The van der Waals surface area contributed by atoms with Crippen molar-refractivity contribution in [2.75, 3.05) is 7.11 Å². The topological polar surface area (TPSA) is 98.8 Å². The van der Waals surface area contributed by atoms with Crippen LogP contribution in [0.25, 0.3) is 5.69 Å². The van der Waals surface area contributed by atoms with Gasteiger partial charge in [-0.1, -0.05) is 0 Å². The molecule has 0 aliphatic heterocycles. The molecule has 0 radical (unpaired) electrons. The normalized spacial score (nSPS) is 10.7.